The highest BCUT2D eigenvalue weighted by molar-refractivity contribution is 6.23. The summed E-state index contributed by atoms with van der Waals surface area (Å²) in [4.78, 5) is 44.5. The lowest BCUT2D eigenvalue weighted by Crippen LogP contribution is -2.32. The second-order valence-corrected chi connectivity index (χ2v) is 9.26. The molecular weight excluding hydrogens is 426 g/mol. The van der Waals surface area contributed by atoms with E-state index in [2.05, 4.69) is 22.5 Å². The van der Waals surface area contributed by atoms with Gasteiger partial charge in [0, 0.05) is 17.7 Å². The molecule has 168 valence electrons. The zero-order chi connectivity index (χ0) is 23.4. The van der Waals surface area contributed by atoms with Crippen LogP contribution < -0.4 is 10.2 Å². The molecule has 0 unspecified atom stereocenters. The van der Waals surface area contributed by atoms with E-state index in [0.29, 0.717) is 11.4 Å². The number of fused-ring (bicyclic) bond motifs is 6. The van der Waals surface area contributed by atoms with Gasteiger partial charge in [0.25, 0.3) is 0 Å². The SMILES string of the molecule is Cc1ccnc2c(NC(=O)/C=C/c3cccc(N4C(=O)[C@H]5[C@H](C4=O)[C@H]4C=C[C@H]5C4)c3)cccc12. The van der Waals surface area contributed by atoms with Crippen molar-refractivity contribution >= 4 is 46.1 Å². The first-order chi connectivity index (χ1) is 16.5. The number of rotatable bonds is 4. The molecule has 1 saturated carbocycles. The maximum atomic E-state index is 13.1. The summed E-state index contributed by atoms with van der Waals surface area (Å²) in [6.07, 6.45) is 9.94. The van der Waals surface area contributed by atoms with Gasteiger partial charge in [-0.2, -0.15) is 0 Å². The van der Waals surface area contributed by atoms with Crippen LogP contribution in [0.5, 0.6) is 0 Å². The van der Waals surface area contributed by atoms with Crippen molar-refractivity contribution in [3.05, 3.63) is 84.1 Å². The molecule has 0 radical (unpaired) electrons. The van der Waals surface area contributed by atoms with Crippen molar-refractivity contribution in [3.63, 3.8) is 0 Å². The summed E-state index contributed by atoms with van der Waals surface area (Å²) in [5.74, 6) is -0.609. The third-order valence-electron chi connectivity index (χ3n) is 7.27. The predicted octanol–water partition coefficient (Wildman–Crippen LogP) is 4.51. The average molecular weight is 450 g/mol. The smallest absolute Gasteiger partial charge is 0.248 e. The lowest BCUT2D eigenvalue weighted by atomic mass is 9.85. The molecule has 2 aromatic carbocycles. The predicted molar refractivity (Wildman–Crippen MR) is 131 cm³/mol. The van der Waals surface area contributed by atoms with Crippen LogP contribution in [0.1, 0.15) is 17.5 Å². The van der Waals surface area contributed by atoms with Crippen LogP contribution in [0.4, 0.5) is 11.4 Å². The summed E-state index contributed by atoms with van der Waals surface area (Å²) in [5.41, 5.74) is 3.77. The molecule has 3 aliphatic rings. The number of pyridine rings is 1. The van der Waals surface area contributed by atoms with Gasteiger partial charge in [-0.25, -0.2) is 4.90 Å². The highest BCUT2D eigenvalue weighted by Gasteiger charge is 2.59. The van der Waals surface area contributed by atoms with E-state index in [1.165, 1.54) is 11.0 Å². The van der Waals surface area contributed by atoms with Gasteiger partial charge in [-0.15, -0.1) is 0 Å². The molecule has 1 N–H and O–H groups in total. The molecule has 2 bridgehead atoms. The minimum Gasteiger partial charge on any atom is -0.321 e. The number of benzene rings is 2. The molecule has 2 aliphatic carbocycles. The third kappa shape index (κ3) is 3.17. The van der Waals surface area contributed by atoms with Gasteiger partial charge in [0.05, 0.1) is 28.7 Å². The number of aromatic nitrogens is 1. The minimum absolute atomic E-state index is 0.107. The molecule has 34 heavy (non-hydrogen) atoms. The van der Waals surface area contributed by atoms with Crippen LogP contribution in [0.3, 0.4) is 0 Å². The Labute approximate surface area is 197 Å². The number of imide groups is 1. The van der Waals surface area contributed by atoms with E-state index in [4.69, 9.17) is 0 Å². The highest BCUT2D eigenvalue weighted by atomic mass is 16.2. The van der Waals surface area contributed by atoms with Crippen molar-refractivity contribution in [2.75, 3.05) is 10.2 Å². The monoisotopic (exact) mass is 449 g/mol. The topological polar surface area (TPSA) is 79.4 Å². The van der Waals surface area contributed by atoms with Gasteiger partial charge in [-0.1, -0.05) is 36.4 Å². The molecule has 3 aromatic rings. The summed E-state index contributed by atoms with van der Waals surface area (Å²) in [6, 6.07) is 14.8. The third-order valence-corrected chi connectivity index (χ3v) is 7.27. The minimum atomic E-state index is -0.285. The Morgan fingerprint density at radius 3 is 2.53 bits per heavy atom. The van der Waals surface area contributed by atoms with E-state index in [-0.39, 0.29) is 41.4 Å². The van der Waals surface area contributed by atoms with Crippen molar-refractivity contribution < 1.29 is 14.4 Å². The highest BCUT2D eigenvalue weighted by Crippen LogP contribution is 2.53. The van der Waals surface area contributed by atoms with Crippen LogP contribution in [0, 0.1) is 30.6 Å². The maximum Gasteiger partial charge on any atom is 0.248 e. The number of hydrogen-bond donors (Lipinski definition) is 1. The Morgan fingerprint density at radius 1 is 1.03 bits per heavy atom. The van der Waals surface area contributed by atoms with Crippen LogP contribution >= 0.6 is 0 Å². The number of amides is 3. The van der Waals surface area contributed by atoms with Crippen molar-refractivity contribution in [1.29, 1.82) is 0 Å². The van der Waals surface area contributed by atoms with Gasteiger partial charge in [0.2, 0.25) is 17.7 Å². The van der Waals surface area contributed by atoms with Gasteiger partial charge in [0.1, 0.15) is 0 Å². The number of anilines is 2. The fraction of sp³-hybridized carbons (Fsp3) is 0.214. The molecule has 0 spiro atoms. The second-order valence-electron chi connectivity index (χ2n) is 9.26. The first-order valence-electron chi connectivity index (χ1n) is 11.5. The van der Waals surface area contributed by atoms with E-state index in [9.17, 15) is 14.4 Å². The first-order valence-corrected chi connectivity index (χ1v) is 11.5. The fourth-order valence-corrected chi connectivity index (χ4v) is 5.69. The van der Waals surface area contributed by atoms with E-state index < -0.39 is 0 Å². The number of carbonyl (C=O) groups is 3. The zero-order valence-electron chi connectivity index (χ0n) is 18.6. The molecule has 1 saturated heterocycles. The van der Waals surface area contributed by atoms with Gasteiger partial charge < -0.3 is 5.32 Å². The first kappa shape index (κ1) is 20.5. The Kier molecular flexibility index (Phi) is 4.69. The lowest BCUT2D eigenvalue weighted by molar-refractivity contribution is -0.123. The van der Waals surface area contributed by atoms with E-state index in [1.54, 1.807) is 30.5 Å². The van der Waals surface area contributed by atoms with Crippen LogP contribution in [0.2, 0.25) is 0 Å². The van der Waals surface area contributed by atoms with E-state index in [1.807, 2.05) is 37.3 Å². The lowest BCUT2D eigenvalue weighted by Gasteiger charge is -2.17. The second kappa shape index (κ2) is 7.76. The Balaban J connectivity index is 1.21. The molecule has 1 aromatic heterocycles. The molecule has 6 rings (SSSR count). The normalized spacial score (nSPS) is 25.0. The molecule has 2 fully saturated rings. The van der Waals surface area contributed by atoms with E-state index in [0.717, 1.165) is 28.5 Å². The van der Waals surface area contributed by atoms with Crippen LogP contribution in [0.25, 0.3) is 17.0 Å². The van der Waals surface area contributed by atoms with Crippen molar-refractivity contribution in [3.8, 4) is 0 Å². The largest absolute Gasteiger partial charge is 0.321 e. The summed E-state index contributed by atoms with van der Waals surface area (Å²) in [7, 11) is 0. The molecule has 2 heterocycles. The average Bonchev–Trinajstić information content (AvgIpc) is 3.52. The number of allylic oxidation sites excluding steroid dienone is 2. The summed E-state index contributed by atoms with van der Waals surface area (Å²) in [6.45, 7) is 2.01. The van der Waals surface area contributed by atoms with Gasteiger partial charge in [-0.3, -0.25) is 19.4 Å². The number of nitrogens with one attached hydrogen (secondary N) is 1. The summed E-state index contributed by atoms with van der Waals surface area (Å²) in [5, 5.41) is 3.89. The number of para-hydroxylation sites is 1. The van der Waals surface area contributed by atoms with Crippen LogP contribution in [-0.4, -0.2) is 22.7 Å². The Bertz CT molecular complexity index is 1390. The maximum absolute atomic E-state index is 13.1. The molecule has 3 amide bonds. The van der Waals surface area contributed by atoms with Crippen molar-refractivity contribution in [2.45, 2.75) is 13.3 Å². The van der Waals surface area contributed by atoms with Crippen molar-refractivity contribution in [1.82, 2.24) is 4.98 Å². The van der Waals surface area contributed by atoms with Crippen molar-refractivity contribution in [2.24, 2.45) is 23.7 Å². The van der Waals surface area contributed by atoms with Gasteiger partial charge >= 0.3 is 0 Å². The van der Waals surface area contributed by atoms with Crippen LogP contribution in [-0.2, 0) is 14.4 Å². The summed E-state index contributed by atoms with van der Waals surface area (Å²) >= 11 is 0. The standard InChI is InChI=1S/C28H23N3O3/c1-16-12-13-29-26-21(16)6-3-7-22(26)30-23(32)11-8-17-4-2-5-20(14-17)31-27(33)24-18-9-10-19(15-18)25(24)28(31)34/h2-14,18-19,24-25H,15H2,1H3,(H,30,32)/b11-8+/t18-,19-,24+,25+/m0/s1. The Hall–Kier alpha value is -4.06. The number of carbonyl (C=O) groups excluding carboxylic acids is 3. The molecule has 1 aliphatic heterocycles. The quantitative estimate of drug-likeness (QED) is 0.361. The number of hydrogen-bond acceptors (Lipinski definition) is 4. The van der Waals surface area contributed by atoms with Gasteiger partial charge in [-0.05, 0) is 66.6 Å². The number of nitrogens with zero attached hydrogens (tertiary/aromatic N) is 2. The molecule has 6 nitrogen and oxygen atoms in total. The van der Waals surface area contributed by atoms with Gasteiger partial charge in [0.15, 0.2) is 0 Å². The fourth-order valence-electron chi connectivity index (χ4n) is 5.69. The molecule has 6 heteroatoms. The van der Waals surface area contributed by atoms with Crippen LogP contribution in [0.15, 0.2) is 73.0 Å². The molecular formula is C28H23N3O3. The zero-order valence-corrected chi connectivity index (χ0v) is 18.6. The van der Waals surface area contributed by atoms with E-state index >= 15 is 0 Å². The number of aryl methyl sites for hydroxylation is 1. The summed E-state index contributed by atoms with van der Waals surface area (Å²) < 4.78 is 0. The Morgan fingerprint density at radius 2 is 1.76 bits per heavy atom. The molecule has 4 atom stereocenters.